The fraction of sp³-hybridized carbons (Fsp3) is 0.207. The zero-order chi connectivity index (χ0) is 29.3. The SMILES string of the molecule is COc1ccc(-n2c(C(=O)NC(c3ccccc3)C(F)F)c3n(c2=O)CCN(C(=O)c2ccc(Br)c(Cl)c2)C3)cc1. The van der Waals surface area contributed by atoms with Crippen molar-refractivity contribution in [1.29, 1.82) is 0 Å². The highest BCUT2D eigenvalue weighted by Gasteiger charge is 2.34. The van der Waals surface area contributed by atoms with Gasteiger partial charge in [0.25, 0.3) is 18.2 Å². The van der Waals surface area contributed by atoms with Gasteiger partial charge in [-0.1, -0.05) is 41.9 Å². The van der Waals surface area contributed by atoms with E-state index in [-0.39, 0.29) is 42.5 Å². The number of nitrogens with zero attached hydrogens (tertiary/aromatic N) is 3. The highest BCUT2D eigenvalue weighted by Crippen LogP contribution is 2.27. The van der Waals surface area contributed by atoms with Gasteiger partial charge in [-0.2, -0.15) is 0 Å². The molecule has 0 saturated heterocycles. The lowest BCUT2D eigenvalue weighted by atomic mass is 10.1. The number of imidazole rings is 1. The molecule has 8 nitrogen and oxygen atoms in total. The largest absolute Gasteiger partial charge is 0.497 e. The summed E-state index contributed by atoms with van der Waals surface area (Å²) in [6.07, 6.45) is -2.92. The van der Waals surface area contributed by atoms with E-state index in [0.29, 0.717) is 26.5 Å². The van der Waals surface area contributed by atoms with Crippen molar-refractivity contribution < 1.29 is 23.1 Å². The summed E-state index contributed by atoms with van der Waals surface area (Å²) in [6, 6.07) is 17.5. The third-order valence-corrected chi connectivity index (χ3v) is 8.11. The van der Waals surface area contributed by atoms with Crippen LogP contribution in [0.2, 0.25) is 5.02 Å². The smallest absolute Gasteiger partial charge is 0.333 e. The van der Waals surface area contributed by atoms with E-state index in [1.165, 1.54) is 39.3 Å². The first-order chi connectivity index (χ1) is 19.7. The molecule has 2 amide bonds. The monoisotopic (exact) mass is 644 g/mol. The molecule has 1 aliphatic heterocycles. The van der Waals surface area contributed by atoms with E-state index in [2.05, 4.69) is 21.2 Å². The number of rotatable bonds is 7. The summed E-state index contributed by atoms with van der Waals surface area (Å²) in [5, 5.41) is 2.78. The van der Waals surface area contributed by atoms with E-state index in [0.717, 1.165) is 0 Å². The third-order valence-electron chi connectivity index (χ3n) is 6.88. The Labute approximate surface area is 247 Å². The van der Waals surface area contributed by atoms with Gasteiger partial charge in [0, 0.05) is 23.1 Å². The minimum atomic E-state index is -2.92. The molecule has 1 aromatic heterocycles. The molecule has 4 aromatic rings. The second-order valence-corrected chi connectivity index (χ2v) is 10.6. The molecule has 0 saturated carbocycles. The highest BCUT2D eigenvalue weighted by atomic mass is 79.9. The van der Waals surface area contributed by atoms with Crippen LogP contribution in [0.4, 0.5) is 8.78 Å². The number of ether oxygens (including phenoxy) is 1. The second-order valence-electron chi connectivity index (χ2n) is 9.31. The Bertz CT molecular complexity index is 1660. The summed E-state index contributed by atoms with van der Waals surface area (Å²) in [5.74, 6) is -0.693. The van der Waals surface area contributed by atoms with Crippen LogP contribution in [0.3, 0.4) is 0 Å². The molecule has 1 N–H and O–H groups in total. The minimum Gasteiger partial charge on any atom is -0.497 e. The number of benzene rings is 3. The first kappa shape index (κ1) is 28.6. The van der Waals surface area contributed by atoms with Crippen molar-refractivity contribution in [2.75, 3.05) is 13.7 Å². The zero-order valence-electron chi connectivity index (χ0n) is 21.7. The van der Waals surface area contributed by atoms with Crippen LogP contribution in [0, 0.1) is 0 Å². The Morgan fingerprint density at radius 3 is 2.37 bits per heavy atom. The minimum absolute atomic E-state index is 0.0989. The third kappa shape index (κ3) is 5.64. The fourth-order valence-electron chi connectivity index (χ4n) is 4.81. The Balaban J connectivity index is 1.58. The number of amides is 2. The molecule has 0 radical (unpaired) electrons. The van der Waals surface area contributed by atoms with Crippen molar-refractivity contribution >= 4 is 39.3 Å². The lowest BCUT2D eigenvalue weighted by Gasteiger charge is -2.28. The summed E-state index contributed by atoms with van der Waals surface area (Å²) in [6.45, 7) is 0.194. The number of hydrogen-bond acceptors (Lipinski definition) is 4. The topological polar surface area (TPSA) is 85.6 Å². The number of alkyl halides is 2. The Morgan fingerprint density at radius 2 is 1.73 bits per heavy atom. The lowest BCUT2D eigenvalue weighted by Crippen LogP contribution is -2.41. The van der Waals surface area contributed by atoms with Crippen LogP contribution in [-0.4, -0.2) is 45.9 Å². The summed E-state index contributed by atoms with van der Waals surface area (Å²) < 4.78 is 36.7. The van der Waals surface area contributed by atoms with Crippen LogP contribution in [0.15, 0.2) is 82.1 Å². The maximum atomic E-state index is 14.2. The first-order valence-electron chi connectivity index (χ1n) is 12.6. The Hall–Kier alpha value is -3.96. The Morgan fingerprint density at radius 1 is 1.02 bits per heavy atom. The standard InChI is InChI=1S/C29H24BrClF2N4O4/c1-41-20-10-8-19(9-11-20)37-25(27(38)34-24(26(32)33)17-5-3-2-4-6-17)23-16-35(13-14-36(23)29(37)40)28(39)18-7-12-21(30)22(31)15-18/h2-12,15,24,26H,13-14,16H2,1H3,(H,34,38). The van der Waals surface area contributed by atoms with Crippen LogP contribution in [0.25, 0.3) is 5.69 Å². The molecular weight excluding hydrogens is 622 g/mol. The molecular formula is C29H24BrClF2N4O4. The molecule has 1 aliphatic rings. The zero-order valence-corrected chi connectivity index (χ0v) is 24.0. The van der Waals surface area contributed by atoms with Gasteiger partial charge in [-0.25, -0.2) is 13.6 Å². The van der Waals surface area contributed by atoms with E-state index < -0.39 is 24.1 Å². The van der Waals surface area contributed by atoms with Crippen molar-refractivity contribution in [3.63, 3.8) is 0 Å². The van der Waals surface area contributed by atoms with E-state index >= 15 is 0 Å². The highest BCUT2D eigenvalue weighted by molar-refractivity contribution is 9.10. The molecule has 212 valence electrons. The van der Waals surface area contributed by atoms with Gasteiger partial charge in [0.05, 0.1) is 30.1 Å². The molecule has 0 fully saturated rings. The molecule has 1 atom stereocenters. The van der Waals surface area contributed by atoms with Gasteiger partial charge >= 0.3 is 5.69 Å². The lowest BCUT2D eigenvalue weighted by molar-refractivity contribution is 0.0697. The molecule has 0 aliphatic carbocycles. The number of halogens is 4. The second kappa shape index (κ2) is 11.9. The number of carbonyl (C=O) groups is 2. The summed E-state index contributed by atoms with van der Waals surface area (Å²) in [4.78, 5) is 42.3. The fourth-order valence-corrected chi connectivity index (χ4v) is 5.24. The molecule has 2 heterocycles. The number of carbonyl (C=O) groups excluding carboxylic acids is 2. The van der Waals surface area contributed by atoms with Gasteiger partial charge in [0.1, 0.15) is 17.5 Å². The average molecular weight is 646 g/mol. The van der Waals surface area contributed by atoms with Crippen LogP contribution in [0.5, 0.6) is 5.75 Å². The summed E-state index contributed by atoms with van der Waals surface area (Å²) in [7, 11) is 1.50. The number of hydrogen-bond donors (Lipinski definition) is 1. The summed E-state index contributed by atoms with van der Waals surface area (Å²) in [5.41, 5.74) is 0.457. The number of fused-ring (bicyclic) bond motifs is 1. The van der Waals surface area contributed by atoms with Crippen LogP contribution < -0.4 is 15.7 Å². The normalized spacial score (nSPS) is 13.6. The quantitative estimate of drug-likeness (QED) is 0.290. The van der Waals surface area contributed by atoms with Gasteiger partial charge in [-0.05, 0) is 64.0 Å². The van der Waals surface area contributed by atoms with Crippen molar-refractivity contribution in [3.8, 4) is 11.4 Å². The van der Waals surface area contributed by atoms with Gasteiger partial charge in [-0.3, -0.25) is 18.7 Å². The van der Waals surface area contributed by atoms with Crippen LogP contribution in [-0.2, 0) is 13.1 Å². The molecule has 1 unspecified atom stereocenters. The molecule has 41 heavy (non-hydrogen) atoms. The van der Waals surface area contributed by atoms with E-state index in [4.69, 9.17) is 16.3 Å². The number of aromatic nitrogens is 2. The summed E-state index contributed by atoms with van der Waals surface area (Å²) >= 11 is 9.50. The van der Waals surface area contributed by atoms with Crippen molar-refractivity contribution in [2.45, 2.75) is 25.6 Å². The number of methoxy groups -OCH3 is 1. The van der Waals surface area contributed by atoms with E-state index in [1.54, 1.807) is 54.6 Å². The van der Waals surface area contributed by atoms with Gasteiger partial charge < -0.3 is 15.0 Å². The maximum Gasteiger partial charge on any atom is 0.333 e. The van der Waals surface area contributed by atoms with Crippen molar-refractivity contribution in [3.05, 3.63) is 115 Å². The Kier molecular flexibility index (Phi) is 8.27. The van der Waals surface area contributed by atoms with Crippen LogP contribution in [0.1, 0.15) is 38.1 Å². The maximum absolute atomic E-state index is 14.2. The van der Waals surface area contributed by atoms with Crippen molar-refractivity contribution in [2.24, 2.45) is 0 Å². The molecule has 12 heteroatoms. The predicted octanol–water partition coefficient (Wildman–Crippen LogP) is 5.46. The molecule has 0 bridgehead atoms. The molecule has 5 rings (SSSR count). The van der Waals surface area contributed by atoms with Gasteiger partial charge in [0.15, 0.2) is 0 Å². The van der Waals surface area contributed by atoms with E-state index in [1.807, 2.05) is 0 Å². The average Bonchev–Trinajstić information content (AvgIpc) is 3.28. The number of nitrogens with one attached hydrogen (secondary N) is 1. The molecule has 0 spiro atoms. The van der Waals surface area contributed by atoms with Gasteiger partial charge in [-0.15, -0.1) is 0 Å². The van der Waals surface area contributed by atoms with Crippen molar-refractivity contribution in [1.82, 2.24) is 19.4 Å². The molecule has 3 aromatic carbocycles. The predicted molar refractivity (Wildman–Crippen MR) is 153 cm³/mol. The van der Waals surface area contributed by atoms with Gasteiger partial charge in [0.2, 0.25) is 0 Å². The van der Waals surface area contributed by atoms with E-state index in [9.17, 15) is 23.2 Å². The first-order valence-corrected chi connectivity index (χ1v) is 13.7. The van der Waals surface area contributed by atoms with Crippen LogP contribution >= 0.6 is 27.5 Å².